The summed E-state index contributed by atoms with van der Waals surface area (Å²) in [5.41, 5.74) is 1.25. The first-order chi connectivity index (χ1) is 14.0. The van der Waals surface area contributed by atoms with Crippen LogP contribution in [0, 0.1) is 6.92 Å². The van der Waals surface area contributed by atoms with Gasteiger partial charge in [-0.15, -0.1) is 0 Å². The van der Waals surface area contributed by atoms with E-state index in [9.17, 15) is 28.2 Å². The summed E-state index contributed by atoms with van der Waals surface area (Å²) in [7, 11) is -3.91. The van der Waals surface area contributed by atoms with Crippen molar-refractivity contribution in [3.8, 4) is 5.75 Å². The summed E-state index contributed by atoms with van der Waals surface area (Å²) in [5, 5.41) is 22.1. The van der Waals surface area contributed by atoms with Crippen molar-refractivity contribution in [1.82, 2.24) is 0 Å². The lowest BCUT2D eigenvalue weighted by Gasteiger charge is -2.16. The molecule has 8 nitrogen and oxygen atoms in total. The second-order valence-electron chi connectivity index (χ2n) is 7.04. The molecule has 0 aliphatic heterocycles. The van der Waals surface area contributed by atoms with Gasteiger partial charge < -0.3 is 15.5 Å². The molecule has 2 aromatic carbocycles. The maximum Gasteiger partial charge on any atom is 0.339 e. The molecule has 9 heteroatoms. The number of aromatic hydroxyl groups is 1. The molecule has 0 spiro atoms. The fraction of sp³-hybridized carbons (Fsp3) is 0.333. The number of carboxylic acids is 1. The fourth-order valence-electron chi connectivity index (χ4n) is 2.96. The third kappa shape index (κ3) is 6.04. The summed E-state index contributed by atoms with van der Waals surface area (Å²) in [4.78, 5) is 22.7. The van der Waals surface area contributed by atoms with E-state index in [0.29, 0.717) is 18.5 Å². The van der Waals surface area contributed by atoms with Crippen LogP contribution < -0.4 is 5.32 Å². The highest BCUT2D eigenvalue weighted by atomic mass is 32.2. The largest absolute Gasteiger partial charge is 0.507 e. The minimum absolute atomic E-state index is 0.0692. The third-order valence-corrected chi connectivity index (χ3v) is 5.89. The molecular formula is C21H25NO7S. The van der Waals surface area contributed by atoms with E-state index < -0.39 is 27.9 Å². The average molecular weight is 435 g/mol. The molecular weight excluding hydrogens is 410 g/mol. The van der Waals surface area contributed by atoms with Gasteiger partial charge in [-0.3, -0.25) is 8.98 Å². The van der Waals surface area contributed by atoms with E-state index in [4.69, 9.17) is 4.18 Å². The van der Waals surface area contributed by atoms with E-state index in [1.807, 2.05) is 6.92 Å². The zero-order chi connectivity index (χ0) is 22.5. The van der Waals surface area contributed by atoms with Crippen molar-refractivity contribution >= 4 is 27.7 Å². The van der Waals surface area contributed by atoms with E-state index in [2.05, 4.69) is 5.32 Å². The summed E-state index contributed by atoms with van der Waals surface area (Å²) in [6.45, 7) is 4.77. The van der Waals surface area contributed by atoms with Crippen molar-refractivity contribution in [3.05, 3.63) is 53.1 Å². The van der Waals surface area contributed by atoms with Crippen LogP contribution in [0.15, 0.2) is 41.3 Å². The van der Waals surface area contributed by atoms with Crippen LogP contribution in [0.2, 0.25) is 0 Å². The lowest BCUT2D eigenvalue weighted by molar-refractivity contribution is -0.114. The lowest BCUT2D eigenvalue weighted by atomic mass is 10.00. The second-order valence-corrected chi connectivity index (χ2v) is 8.61. The Bertz CT molecular complexity index is 1030. The van der Waals surface area contributed by atoms with Crippen LogP contribution in [0.1, 0.15) is 48.2 Å². The van der Waals surface area contributed by atoms with Crippen LogP contribution in [-0.4, -0.2) is 36.6 Å². The van der Waals surface area contributed by atoms with Gasteiger partial charge in [-0.2, -0.15) is 8.42 Å². The molecule has 0 saturated heterocycles. The summed E-state index contributed by atoms with van der Waals surface area (Å²) < 4.78 is 30.0. The maximum absolute atomic E-state index is 12.4. The van der Waals surface area contributed by atoms with Gasteiger partial charge in [-0.1, -0.05) is 17.7 Å². The van der Waals surface area contributed by atoms with Gasteiger partial charge in [0.2, 0.25) is 5.91 Å². The highest BCUT2D eigenvalue weighted by molar-refractivity contribution is 7.86. The number of benzene rings is 2. The van der Waals surface area contributed by atoms with Crippen LogP contribution >= 0.6 is 0 Å². The van der Waals surface area contributed by atoms with Gasteiger partial charge in [-0.05, 0) is 57.4 Å². The summed E-state index contributed by atoms with van der Waals surface area (Å²) >= 11 is 0. The molecule has 3 N–H and O–H groups in total. The van der Waals surface area contributed by atoms with Crippen molar-refractivity contribution in [2.75, 3.05) is 5.32 Å². The van der Waals surface area contributed by atoms with Gasteiger partial charge in [0, 0.05) is 18.2 Å². The number of phenols is 1. The number of aromatic carboxylic acids is 1. The Balaban J connectivity index is 2.08. The van der Waals surface area contributed by atoms with Gasteiger partial charge >= 0.3 is 5.97 Å². The molecule has 0 fully saturated rings. The molecule has 0 aliphatic carbocycles. The molecule has 0 aromatic heterocycles. The number of rotatable bonds is 9. The minimum atomic E-state index is -3.91. The van der Waals surface area contributed by atoms with Crippen LogP contribution in [0.3, 0.4) is 0 Å². The van der Waals surface area contributed by atoms with Crippen molar-refractivity contribution in [1.29, 1.82) is 0 Å². The Labute approximate surface area is 175 Å². The summed E-state index contributed by atoms with van der Waals surface area (Å²) in [5.74, 6) is -2.07. The molecule has 2 rings (SSSR count). The van der Waals surface area contributed by atoms with Gasteiger partial charge in [0.25, 0.3) is 10.1 Å². The monoisotopic (exact) mass is 435 g/mol. The molecule has 162 valence electrons. The quantitative estimate of drug-likeness (QED) is 0.514. The molecule has 2 aromatic rings. The SMILES string of the molecule is CC(=O)Nc1ccc(C(=O)O)c(O)c1CCCC(C)OS(=O)(=O)c1ccc(C)cc1. The molecule has 0 aliphatic rings. The standard InChI is InChI=1S/C21H25NO7S/c1-13-7-9-16(10-8-13)30(27,28)29-14(2)5-4-6-17-19(22-15(3)23)12-11-18(20(17)24)21(25)26/h7-12,14,24H,4-6H2,1-3H3,(H,22,23)(H,25,26). The summed E-state index contributed by atoms with van der Waals surface area (Å²) in [6, 6.07) is 8.96. The van der Waals surface area contributed by atoms with Crippen LogP contribution in [0.4, 0.5) is 5.69 Å². The van der Waals surface area contributed by atoms with Gasteiger partial charge in [-0.25, -0.2) is 4.79 Å². The Morgan fingerprint density at radius 2 is 1.77 bits per heavy atom. The predicted octanol–water partition coefficient (Wildman–Crippen LogP) is 3.47. The van der Waals surface area contributed by atoms with Gasteiger partial charge in [0.1, 0.15) is 11.3 Å². The lowest BCUT2D eigenvalue weighted by Crippen LogP contribution is -2.16. The molecule has 0 radical (unpaired) electrons. The minimum Gasteiger partial charge on any atom is -0.507 e. The van der Waals surface area contributed by atoms with E-state index in [1.165, 1.54) is 31.2 Å². The zero-order valence-corrected chi connectivity index (χ0v) is 17.8. The number of carboxylic acid groups (broad SMARTS) is 1. The van der Waals surface area contributed by atoms with Crippen LogP contribution in [0.25, 0.3) is 0 Å². The van der Waals surface area contributed by atoms with E-state index in [1.54, 1.807) is 19.1 Å². The van der Waals surface area contributed by atoms with Crippen molar-refractivity contribution < 1.29 is 32.4 Å². The molecule has 0 saturated carbocycles. The van der Waals surface area contributed by atoms with E-state index in [0.717, 1.165) is 5.56 Å². The highest BCUT2D eigenvalue weighted by Crippen LogP contribution is 2.32. The average Bonchev–Trinajstić information content (AvgIpc) is 2.63. The van der Waals surface area contributed by atoms with Crippen molar-refractivity contribution in [2.24, 2.45) is 0 Å². The van der Waals surface area contributed by atoms with E-state index in [-0.39, 0.29) is 28.4 Å². The number of hydrogen-bond acceptors (Lipinski definition) is 6. The fourth-order valence-corrected chi connectivity index (χ4v) is 4.07. The van der Waals surface area contributed by atoms with Crippen molar-refractivity contribution in [3.63, 3.8) is 0 Å². The molecule has 0 heterocycles. The third-order valence-electron chi connectivity index (χ3n) is 4.46. The maximum atomic E-state index is 12.4. The zero-order valence-electron chi connectivity index (χ0n) is 17.0. The number of nitrogens with one attached hydrogen (secondary N) is 1. The molecule has 0 bridgehead atoms. The highest BCUT2D eigenvalue weighted by Gasteiger charge is 2.21. The topological polar surface area (TPSA) is 130 Å². The Kier molecular flexibility index (Phi) is 7.58. The van der Waals surface area contributed by atoms with Gasteiger partial charge in [0.05, 0.1) is 11.0 Å². The first kappa shape index (κ1) is 23.4. The van der Waals surface area contributed by atoms with Crippen LogP contribution in [-0.2, 0) is 25.5 Å². The number of aryl methyl sites for hydroxylation is 1. The molecule has 30 heavy (non-hydrogen) atoms. The number of carbonyl (C=O) groups excluding carboxylic acids is 1. The summed E-state index contributed by atoms with van der Waals surface area (Å²) in [6.07, 6.45) is 0.320. The second kappa shape index (κ2) is 9.73. The number of hydrogen-bond donors (Lipinski definition) is 3. The Hall–Kier alpha value is -2.91. The molecule has 1 unspecified atom stereocenters. The van der Waals surface area contributed by atoms with Crippen molar-refractivity contribution in [2.45, 2.75) is 51.0 Å². The van der Waals surface area contributed by atoms with E-state index >= 15 is 0 Å². The first-order valence-corrected chi connectivity index (χ1v) is 10.8. The first-order valence-electron chi connectivity index (χ1n) is 9.37. The normalized spacial score (nSPS) is 12.4. The number of carbonyl (C=O) groups is 2. The molecule has 1 amide bonds. The van der Waals surface area contributed by atoms with Gasteiger partial charge in [0.15, 0.2) is 0 Å². The smallest absolute Gasteiger partial charge is 0.339 e. The number of anilines is 1. The Morgan fingerprint density at radius 1 is 1.13 bits per heavy atom. The van der Waals surface area contributed by atoms with Crippen LogP contribution in [0.5, 0.6) is 5.75 Å². The number of amides is 1. The molecule has 1 atom stereocenters. The predicted molar refractivity (Wildman–Crippen MR) is 111 cm³/mol. The Morgan fingerprint density at radius 3 is 2.33 bits per heavy atom.